The number of rotatable bonds is 1. The Hall–Kier alpha value is -2.43. The van der Waals surface area contributed by atoms with Crippen LogP contribution >= 0.6 is 0 Å². The molecular formula is C13H9FN2O2. The lowest BCUT2D eigenvalue weighted by molar-refractivity contribution is 0.398. The number of aromatic nitrogens is 2. The van der Waals surface area contributed by atoms with Crippen molar-refractivity contribution in [2.45, 2.75) is 0 Å². The molecule has 0 aliphatic heterocycles. The van der Waals surface area contributed by atoms with Gasteiger partial charge in [-0.15, -0.1) is 5.10 Å². The van der Waals surface area contributed by atoms with Crippen LogP contribution in [0.15, 0.2) is 30.5 Å². The zero-order chi connectivity index (χ0) is 12.7. The fourth-order valence-corrected chi connectivity index (χ4v) is 2.08. The standard InChI is InChI=1S/C13H9FN2O2/c1-18-13-12-7(6-15-16-13)4-11(17)9-3-2-8(14)5-10(9)12/h2-6,17H,1H3. The van der Waals surface area contributed by atoms with E-state index >= 15 is 0 Å². The van der Waals surface area contributed by atoms with Crippen molar-refractivity contribution in [2.24, 2.45) is 0 Å². The predicted molar refractivity (Wildman–Crippen MR) is 65.2 cm³/mol. The topological polar surface area (TPSA) is 55.2 Å². The van der Waals surface area contributed by atoms with Crippen LogP contribution in [0, 0.1) is 5.82 Å². The molecule has 5 heteroatoms. The summed E-state index contributed by atoms with van der Waals surface area (Å²) in [6, 6.07) is 5.74. The molecule has 3 rings (SSSR count). The molecule has 0 bridgehead atoms. The van der Waals surface area contributed by atoms with Crippen LogP contribution in [0.2, 0.25) is 0 Å². The Bertz CT molecular complexity index is 759. The first-order chi connectivity index (χ1) is 8.70. The second-order valence-electron chi connectivity index (χ2n) is 3.90. The van der Waals surface area contributed by atoms with Crippen LogP contribution in [0.3, 0.4) is 0 Å². The summed E-state index contributed by atoms with van der Waals surface area (Å²) < 4.78 is 18.5. The van der Waals surface area contributed by atoms with Crippen molar-refractivity contribution < 1.29 is 14.2 Å². The molecule has 0 saturated carbocycles. The van der Waals surface area contributed by atoms with Crippen molar-refractivity contribution in [1.29, 1.82) is 0 Å². The lowest BCUT2D eigenvalue weighted by Gasteiger charge is -2.08. The molecule has 1 N–H and O–H groups in total. The van der Waals surface area contributed by atoms with Crippen molar-refractivity contribution in [3.8, 4) is 11.6 Å². The zero-order valence-corrected chi connectivity index (χ0v) is 9.51. The number of phenols is 1. The molecule has 0 fully saturated rings. The molecule has 18 heavy (non-hydrogen) atoms. The minimum Gasteiger partial charge on any atom is -0.507 e. The number of hydrogen-bond acceptors (Lipinski definition) is 4. The smallest absolute Gasteiger partial charge is 0.241 e. The van der Waals surface area contributed by atoms with Gasteiger partial charge in [-0.2, -0.15) is 5.10 Å². The van der Waals surface area contributed by atoms with Crippen LogP contribution in [0.4, 0.5) is 4.39 Å². The van der Waals surface area contributed by atoms with E-state index < -0.39 is 0 Å². The molecule has 0 saturated heterocycles. The van der Waals surface area contributed by atoms with Gasteiger partial charge in [0.2, 0.25) is 5.88 Å². The Morgan fingerprint density at radius 1 is 1.22 bits per heavy atom. The average molecular weight is 244 g/mol. The van der Waals surface area contributed by atoms with Crippen molar-refractivity contribution >= 4 is 21.5 Å². The van der Waals surface area contributed by atoms with Gasteiger partial charge in [0.05, 0.1) is 18.7 Å². The summed E-state index contributed by atoms with van der Waals surface area (Å²) in [6.45, 7) is 0. The Morgan fingerprint density at radius 3 is 2.83 bits per heavy atom. The maximum atomic E-state index is 13.4. The third-order valence-electron chi connectivity index (χ3n) is 2.86. The van der Waals surface area contributed by atoms with E-state index in [1.54, 1.807) is 6.07 Å². The van der Waals surface area contributed by atoms with Crippen LogP contribution < -0.4 is 4.74 Å². The summed E-state index contributed by atoms with van der Waals surface area (Å²) in [4.78, 5) is 0. The molecule has 0 spiro atoms. The Kier molecular flexibility index (Phi) is 2.26. The molecule has 0 amide bonds. The Balaban J connectivity index is 2.60. The summed E-state index contributed by atoms with van der Waals surface area (Å²) in [5.41, 5.74) is 0. The van der Waals surface area contributed by atoms with Gasteiger partial charge in [-0.1, -0.05) is 0 Å². The lowest BCUT2D eigenvalue weighted by Crippen LogP contribution is -1.93. The summed E-state index contributed by atoms with van der Waals surface area (Å²) in [6.07, 6.45) is 1.50. The molecule has 2 aromatic carbocycles. The number of halogens is 1. The maximum Gasteiger partial charge on any atom is 0.241 e. The summed E-state index contributed by atoms with van der Waals surface area (Å²) in [7, 11) is 1.47. The number of benzene rings is 2. The van der Waals surface area contributed by atoms with Gasteiger partial charge in [0.25, 0.3) is 0 Å². The van der Waals surface area contributed by atoms with Crippen LogP contribution in [0.1, 0.15) is 0 Å². The first-order valence-electron chi connectivity index (χ1n) is 5.31. The maximum absolute atomic E-state index is 13.4. The van der Waals surface area contributed by atoms with E-state index in [9.17, 15) is 9.50 Å². The minimum atomic E-state index is -0.381. The van der Waals surface area contributed by atoms with Crippen LogP contribution in [-0.2, 0) is 0 Å². The molecule has 4 nitrogen and oxygen atoms in total. The van der Waals surface area contributed by atoms with E-state index in [2.05, 4.69) is 10.2 Å². The van der Waals surface area contributed by atoms with E-state index in [-0.39, 0.29) is 11.6 Å². The Morgan fingerprint density at radius 2 is 2.06 bits per heavy atom. The molecule has 0 aliphatic rings. The molecule has 1 heterocycles. The second-order valence-corrected chi connectivity index (χ2v) is 3.90. The second kappa shape index (κ2) is 3.80. The summed E-state index contributed by atoms with van der Waals surface area (Å²) in [5.74, 6) is 0.00363. The van der Waals surface area contributed by atoms with E-state index in [4.69, 9.17) is 4.74 Å². The van der Waals surface area contributed by atoms with Gasteiger partial charge in [-0.05, 0) is 24.3 Å². The Labute approximate surface area is 102 Å². The van der Waals surface area contributed by atoms with Crippen molar-refractivity contribution in [3.63, 3.8) is 0 Å². The number of hydrogen-bond donors (Lipinski definition) is 1. The summed E-state index contributed by atoms with van der Waals surface area (Å²) >= 11 is 0. The van der Waals surface area contributed by atoms with E-state index in [0.717, 1.165) is 0 Å². The number of phenolic OH excluding ortho intramolecular Hbond substituents is 1. The predicted octanol–water partition coefficient (Wildman–Crippen LogP) is 2.64. The SMILES string of the molecule is COc1nncc2cc(O)c3ccc(F)cc3c12. The van der Waals surface area contributed by atoms with Gasteiger partial charge >= 0.3 is 0 Å². The largest absolute Gasteiger partial charge is 0.507 e. The van der Waals surface area contributed by atoms with Gasteiger partial charge in [0.1, 0.15) is 11.6 Å². The molecule has 0 atom stereocenters. The number of ether oxygens (including phenoxy) is 1. The normalized spacial score (nSPS) is 11.0. The summed E-state index contributed by atoms with van der Waals surface area (Å²) in [5, 5.41) is 19.9. The number of aromatic hydroxyl groups is 1. The molecular weight excluding hydrogens is 235 g/mol. The molecule has 90 valence electrons. The molecule has 0 radical (unpaired) electrons. The highest BCUT2D eigenvalue weighted by Crippen LogP contribution is 2.36. The minimum absolute atomic E-state index is 0.0764. The van der Waals surface area contributed by atoms with Gasteiger partial charge in [0.15, 0.2) is 0 Å². The number of fused-ring (bicyclic) bond motifs is 3. The molecule has 0 unspecified atom stereocenters. The first-order valence-corrected chi connectivity index (χ1v) is 5.31. The van der Waals surface area contributed by atoms with Crippen molar-refractivity contribution in [1.82, 2.24) is 10.2 Å². The third-order valence-corrected chi connectivity index (χ3v) is 2.86. The van der Waals surface area contributed by atoms with Crippen LogP contribution in [-0.4, -0.2) is 22.4 Å². The molecule has 0 aliphatic carbocycles. The van der Waals surface area contributed by atoms with E-state index in [1.165, 1.54) is 31.5 Å². The fourth-order valence-electron chi connectivity index (χ4n) is 2.08. The van der Waals surface area contributed by atoms with Gasteiger partial charge in [0, 0.05) is 16.2 Å². The highest BCUT2D eigenvalue weighted by atomic mass is 19.1. The average Bonchev–Trinajstić information content (AvgIpc) is 2.37. The van der Waals surface area contributed by atoms with E-state index in [0.29, 0.717) is 27.4 Å². The first kappa shape index (κ1) is 10.7. The van der Waals surface area contributed by atoms with E-state index in [1.807, 2.05) is 0 Å². The number of methoxy groups -OCH3 is 1. The highest BCUT2D eigenvalue weighted by Gasteiger charge is 2.12. The fraction of sp³-hybridized carbons (Fsp3) is 0.0769. The molecule has 1 aromatic heterocycles. The number of nitrogens with zero attached hydrogens (tertiary/aromatic N) is 2. The van der Waals surface area contributed by atoms with Crippen LogP contribution in [0.5, 0.6) is 11.6 Å². The van der Waals surface area contributed by atoms with Gasteiger partial charge in [-0.3, -0.25) is 0 Å². The highest BCUT2D eigenvalue weighted by molar-refractivity contribution is 6.12. The quantitative estimate of drug-likeness (QED) is 0.668. The third kappa shape index (κ3) is 1.44. The zero-order valence-electron chi connectivity index (χ0n) is 9.51. The van der Waals surface area contributed by atoms with Gasteiger partial charge in [-0.25, -0.2) is 4.39 Å². The molecule has 3 aromatic rings. The monoisotopic (exact) mass is 244 g/mol. The van der Waals surface area contributed by atoms with Crippen molar-refractivity contribution in [2.75, 3.05) is 7.11 Å². The van der Waals surface area contributed by atoms with Crippen LogP contribution in [0.25, 0.3) is 21.5 Å². The van der Waals surface area contributed by atoms with Crippen molar-refractivity contribution in [3.05, 3.63) is 36.3 Å². The lowest BCUT2D eigenvalue weighted by atomic mass is 10.0. The van der Waals surface area contributed by atoms with Gasteiger partial charge < -0.3 is 9.84 Å².